The van der Waals surface area contributed by atoms with Crippen LogP contribution in [-0.4, -0.2) is 5.11 Å². The zero-order chi connectivity index (χ0) is 15.5. The van der Waals surface area contributed by atoms with Gasteiger partial charge in [-0.2, -0.15) is 0 Å². The Morgan fingerprint density at radius 2 is 1.73 bits per heavy atom. The van der Waals surface area contributed by atoms with Crippen molar-refractivity contribution in [2.24, 2.45) is 0 Å². The average Bonchev–Trinajstić information content (AvgIpc) is 2.50. The fourth-order valence-corrected chi connectivity index (χ4v) is 3.44. The van der Waals surface area contributed by atoms with E-state index in [-0.39, 0.29) is 0 Å². The summed E-state index contributed by atoms with van der Waals surface area (Å²) >= 11 is 17.5. The Morgan fingerprint density at radius 1 is 0.955 bits per heavy atom. The molecule has 0 saturated heterocycles. The molecule has 2 N–H and O–H groups in total. The molecule has 2 nitrogen and oxygen atoms in total. The van der Waals surface area contributed by atoms with Gasteiger partial charge in [-0.3, -0.25) is 0 Å². The van der Waals surface area contributed by atoms with Crippen LogP contribution in [0.15, 0.2) is 36.4 Å². The summed E-state index contributed by atoms with van der Waals surface area (Å²) in [6.45, 7) is 0. The van der Waals surface area contributed by atoms with Crippen LogP contribution in [-0.2, 0) is 12.8 Å². The van der Waals surface area contributed by atoms with Crippen molar-refractivity contribution >= 4 is 51.9 Å². The molecule has 0 atom stereocenters. The lowest BCUT2D eigenvalue weighted by molar-refractivity contribution is 0.687. The molecule has 2 aromatic carbocycles. The molecule has 1 aliphatic carbocycles. The molecule has 0 saturated carbocycles. The molecule has 0 spiro atoms. The van der Waals surface area contributed by atoms with Gasteiger partial charge in [0.25, 0.3) is 0 Å². The van der Waals surface area contributed by atoms with Crippen molar-refractivity contribution in [1.29, 1.82) is 0 Å². The predicted octanol–water partition coefficient (Wildman–Crippen LogP) is 5.68. The number of hydrogen-bond acceptors (Lipinski definition) is 1. The average molecular weight is 351 g/mol. The monoisotopic (exact) mass is 350 g/mol. The quantitative estimate of drug-likeness (QED) is 0.681. The molecule has 0 heterocycles. The summed E-state index contributed by atoms with van der Waals surface area (Å²) in [6.07, 6.45) is 4.74. The maximum Gasteiger partial charge on any atom is 0.175 e. The van der Waals surface area contributed by atoms with Gasteiger partial charge in [-0.15, -0.1) is 0 Å². The number of thiocarbonyl (C=S) groups is 1. The third-order valence-electron chi connectivity index (χ3n) is 3.82. The van der Waals surface area contributed by atoms with Gasteiger partial charge in [-0.1, -0.05) is 35.3 Å². The Hall–Kier alpha value is -1.29. The summed E-state index contributed by atoms with van der Waals surface area (Å²) in [7, 11) is 0. The lowest BCUT2D eigenvalue weighted by Crippen LogP contribution is -2.21. The van der Waals surface area contributed by atoms with Crippen molar-refractivity contribution < 1.29 is 0 Å². The Balaban J connectivity index is 1.75. The summed E-state index contributed by atoms with van der Waals surface area (Å²) in [5.74, 6) is 0. The first-order valence-electron chi connectivity index (χ1n) is 7.27. The molecule has 5 heteroatoms. The molecule has 0 unspecified atom stereocenters. The van der Waals surface area contributed by atoms with Crippen LogP contribution in [0, 0.1) is 0 Å². The fraction of sp³-hybridized carbons (Fsp3) is 0.235. The number of benzene rings is 2. The zero-order valence-electron chi connectivity index (χ0n) is 12.0. The summed E-state index contributed by atoms with van der Waals surface area (Å²) in [5, 5.41) is 8.09. The van der Waals surface area contributed by atoms with Crippen LogP contribution >= 0.6 is 35.4 Å². The first-order valence-corrected chi connectivity index (χ1v) is 8.44. The van der Waals surface area contributed by atoms with Gasteiger partial charge in [0.1, 0.15) is 0 Å². The van der Waals surface area contributed by atoms with E-state index in [1.165, 1.54) is 24.0 Å². The largest absolute Gasteiger partial charge is 0.332 e. The van der Waals surface area contributed by atoms with Gasteiger partial charge < -0.3 is 10.6 Å². The van der Waals surface area contributed by atoms with Gasteiger partial charge in [0.05, 0.1) is 10.7 Å². The smallest absolute Gasteiger partial charge is 0.175 e. The molecular formula is C17H16Cl2N2S. The molecule has 114 valence electrons. The molecule has 0 aromatic heterocycles. The summed E-state index contributed by atoms with van der Waals surface area (Å²) in [6, 6.07) is 11.6. The Kier molecular flexibility index (Phi) is 4.87. The topological polar surface area (TPSA) is 24.1 Å². The van der Waals surface area contributed by atoms with Crippen LogP contribution in [0.4, 0.5) is 11.4 Å². The molecule has 2 aromatic rings. The second kappa shape index (κ2) is 6.86. The molecule has 0 radical (unpaired) electrons. The summed E-state index contributed by atoms with van der Waals surface area (Å²) in [5.41, 5.74) is 4.62. The van der Waals surface area contributed by atoms with E-state index in [0.717, 1.165) is 24.2 Å². The van der Waals surface area contributed by atoms with Crippen molar-refractivity contribution in [3.63, 3.8) is 0 Å². The first kappa shape index (κ1) is 15.6. The van der Waals surface area contributed by atoms with Crippen LogP contribution in [0.3, 0.4) is 0 Å². The molecule has 1 aliphatic rings. The highest BCUT2D eigenvalue weighted by Crippen LogP contribution is 2.29. The first-order chi connectivity index (χ1) is 10.6. The maximum atomic E-state index is 6.16. The van der Waals surface area contributed by atoms with Crippen molar-refractivity contribution in [3.8, 4) is 0 Å². The molecule has 0 fully saturated rings. The normalized spacial score (nSPS) is 13.4. The van der Waals surface area contributed by atoms with E-state index < -0.39 is 0 Å². The van der Waals surface area contributed by atoms with Crippen molar-refractivity contribution in [2.45, 2.75) is 25.7 Å². The van der Waals surface area contributed by atoms with E-state index in [4.69, 9.17) is 35.4 Å². The van der Waals surface area contributed by atoms with E-state index in [1.54, 1.807) is 12.1 Å². The third-order valence-corrected chi connectivity index (χ3v) is 4.58. The highest BCUT2D eigenvalue weighted by molar-refractivity contribution is 7.80. The van der Waals surface area contributed by atoms with Gasteiger partial charge in [-0.25, -0.2) is 0 Å². The molecule has 0 aliphatic heterocycles. The maximum absolute atomic E-state index is 6.16. The van der Waals surface area contributed by atoms with Gasteiger partial charge in [0.15, 0.2) is 5.11 Å². The van der Waals surface area contributed by atoms with Gasteiger partial charge >= 0.3 is 0 Å². The van der Waals surface area contributed by atoms with Gasteiger partial charge in [0, 0.05) is 10.7 Å². The zero-order valence-corrected chi connectivity index (χ0v) is 14.3. The summed E-state index contributed by atoms with van der Waals surface area (Å²) < 4.78 is 0. The van der Waals surface area contributed by atoms with Crippen molar-refractivity contribution in [2.75, 3.05) is 10.6 Å². The number of aryl methyl sites for hydroxylation is 1. The minimum atomic E-state index is 0.531. The molecule has 0 amide bonds. The van der Waals surface area contributed by atoms with Crippen molar-refractivity contribution in [3.05, 3.63) is 57.6 Å². The lowest BCUT2D eigenvalue weighted by atomic mass is 9.90. The van der Waals surface area contributed by atoms with E-state index in [9.17, 15) is 0 Å². The number of halogens is 2. The number of nitrogens with one attached hydrogen (secondary N) is 2. The van der Waals surface area contributed by atoms with Gasteiger partial charge in [0.2, 0.25) is 0 Å². The van der Waals surface area contributed by atoms with Crippen LogP contribution in [0.25, 0.3) is 0 Å². The van der Waals surface area contributed by atoms with Crippen molar-refractivity contribution in [1.82, 2.24) is 0 Å². The lowest BCUT2D eigenvalue weighted by Gasteiger charge is -2.20. The second-order valence-corrected chi connectivity index (χ2v) is 6.61. The number of fused-ring (bicyclic) bond motifs is 1. The third kappa shape index (κ3) is 3.54. The summed E-state index contributed by atoms with van der Waals surface area (Å²) in [4.78, 5) is 0. The highest BCUT2D eigenvalue weighted by atomic mass is 35.5. The minimum Gasteiger partial charge on any atom is -0.332 e. The fourth-order valence-electron chi connectivity index (χ4n) is 2.77. The van der Waals surface area contributed by atoms with Crippen LogP contribution in [0.1, 0.15) is 24.0 Å². The highest BCUT2D eigenvalue weighted by Gasteiger charge is 2.13. The Morgan fingerprint density at radius 3 is 2.55 bits per heavy atom. The van der Waals surface area contributed by atoms with E-state index in [2.05, 4.69) is 28.8 Å². The Labute approximate surface area is 145 Å². The van der Waals surface area contributed by atoms with E-state index >= 15 is 0 Å². The predicted molar refractivity (Wildman–Crippen MR) is 99.4 cm³/mol. The van der Waals surface area contributed by atoms with Gasteiger partial charge in [-0.05, 0) is 73.3 Å². The van der Waals surface area contributed by atoms with Crippen LogP contribution in [0.5, 0.6) is 0 Å². The van der Waals surface area contributed by atoms with E-state index in [0.29, 0.717) is 15.2 Å². The molecule has 0 bridgehead atoms. The second-order valence-electron chi connectivity index (χ2n) is 5.35. The number of rotatable bonds is 2. The minimum absolute atomic E-state index is 0.531. The molecule has 22 heavy (non-hydrogen) atoms. The molecular weight excluding hydrogens is 335 g/mol. The number of hydrogen-bond donors (Lipinski definition) is 2. The van der Waals surface area contributed by atoms with Crippen LogP contribution < -0.4 is 10.6 Å². The molecule has 3 rings (SSSR count). The standard InChI is InChI=1S/C17H16Cl2N2S/c18-12-8-9-16(14(19)10-12)21-17(22)20-15-7-3-5-11-4-1-2-6-13(11)15/h3,5,7-10H,1-2,4,6H2,(H2,20,21,22). The van der Waals surface area contributed by atoms with E-state index in [1.807, 2.05) is 6.07 Å². The SMILES string of the molecule is S=C(Nc1ccc(Cl)cc1Cl)Nc1cccc2c1CCCC2. The van der Waals surface area contributed by atoms with Crippen LogP contribution in [0.2, 0.25) is 10.0 Å². The number of anilines is 2. The Bertz CT molecular complexity index is 716.